The van der Waals surface area contributed by atoms with Gasteiger partial charge in [0.05, 0.1) is 0 Å². The molecular formula is C31H25N5O. The summed E-state index contributed by atoms with van der Waals surface area (Å²) in [4.78, 5) is 18.0. The van der Waals surface area contributed by atoms with Crippen molar-refractivity contribution in [2.45, 2.75) is 13.1 Å². The Kier molecular flexibility index (Phi) is 6.05. The van der Waals surface area contributed by atoms with Crippen LogP contribution in [-0.4, -0.2) is 20.7 Å². The van der Waals surface area contributed by atoms with Gasteiger partial charge in [-0.05, 0) is 44.8 Å². The monoisotopic (exact) mass is 483 g/mol. The van der Waals surface area contributed by atoms with E-state index in [0.29, 0.717) is 30.5 Å². The molecule has 0 aliphatic rings. The Labute approximate surface area is 214 Å². The summed E-state index contributed by atoms with van der Waals surface area (Å²) in [6.45, 7) is 1.04. The van der Waals surface area contributed by atoms with E-state index in [1.54, 1.807) is 12.1 Å². The van der Waals surface area contributed by atoms with Crippen molar-refractivity contribution in [3.63, 3.8) is 0 Å². The SMILES string of the molecule is O=C(c1ccccc1)n1nc(NCc2cccc3ccccc23)nc1NCc1cccc2ccccc12. The average Bonchev–Trinajstić information content (AvgIpc) is 3.38. The third-order valence-corrected chi connectivity index (χ3v) is 6.45. The van der Waals surface area contributed by atoms with Gasteiger partial charge in [-0.15, -0.1) is 5.10 Å². The number of aromatic nitrogens is 3. The van der Waals surface area contributed by atoms with Gasteiger partial charge in [0.1, 0.15) is 0 Å². The van der Waals surface area contributed by atoms with Crippen LogP contribution in [0.2, 0.25) is 0 Å². The van der Waals surface area contributed by atoms with Gasteiger partial charge < -0.3 is 10.6 Å². The lowest BCUT2D eigenvalue weighted by Gasteiger charge is -2.09. The molecule has 0 saturated carbocycles. The number of rotatable bonds is 7. The van der Waals surface area contributed by atoms with Crippen molar-refractivity contribution in [1.82, 2.24) is 14.8 Å². The maximum absolute atomic E-state index is 13.3. The van der Waals surface area contributed by atoms with Gasteiger partial charge in [-0.3, -0.25) is 4.79 Å². The molecule has 6 nitrogen and oxygen atoms in total. The summed E-state index contributed by atoms with van der Waals surface area (Å²) in [7, 11) is 0. The summed E-state index contributed by atoms with van der Waals surface area (Å²) in [5, 5.41) is 15.9. The maximum atomic E-state index is 13.3. The number of nitrogens with zero attached hydrogens (tertiary/aromatic N) is 3. The standard InChI is InChI=1S/C31H25N5O/c37-29(24-12-2-1-3-13-24)36-31(33-21-26-17-9-15-23-11-5-7-19-28(23)26)34-30(35-36)32-20-25-16-8-14-22-10-4-6-18-27(22)25/h1-19H,20-21H2,(H2,32,33,34,35). The van der Waals surface area contributed by atoms with Crippen molar-refractivity contribution >= 4 is 39.3 Å². The van der Waals surface area contributed by atoms with Gasteiger partial charge >= 0.3 is 0 Å². The molecular weight excluding hydrogens is 458 g/mol. The number of hydrogen-bond donors (Lipinski definition) is 2. The Morgan fingerprint density at radius 3 is 1.81 bits per heavy atom. The van der Waals surface area contributed by atoms with Gasteiger partial charge in [0.25, 0.3) is 5.91 Å². The smallest absolute Gasteiger partial charge is 0.281 e. The molecule has 0 amide bonds. The van der Waals surface area contributed by atoms with Crippen molar-refractivity contribution in [3.05, 3.63) is 132 Å². The lowest BCUT2D eigenvalue weighted by Crippen LogP contribution is -2.17. The average molecular weight is 484 g/mol. The highest BCUT2D eigenvalue weighted by atomic mass is 16.2. The molecule has 0 spiro atoms. The summed E-state index contributed by atoms with van der Waals surface area (Å²) < 4.78 is 1.34. The van der Waals surface area contributed by atoms with Crippen LogP contribution in [0.4, 0.5) is 11.9 Å². The van der Waals surface area contributed by atoms with Crippen LogP contribution in [0.15, 0.2) is 115 Å². The van der Waals surface area contributed by atoms with Gasteiger partial charge in [-0.1, -0.05) is 103 Å². The molecule has 0 aliphatic heterocycles. The van der Waals surface area contributed by atoms with Crippen LogP contribution in [0.25, 0.3) is 21.5 Å². The molecule has 0 radical (unpaired) electrons. The first-order valence-corrected chi connectivity index (χ1v) is 12.2. The normalized spacial score (nSPS) is 11.0. The second kappa shape index (κ2) is 9.95. The van der Waals surface area contributed by atoms with Gasteiger partial charge in [-0.2, -0.15) is 9.67 Å². The van der Waals surface area contributed by atoms with E-state index in [2.05, 4.69) is 69.2 Å². The zero-order chi connectivity index (χ0) is 25.0. The van der Waals surface area contributed by atoms with E-state index >= 15 is 0 Å². The Bertz CT molecular complexity index is 1700. The highest BCUT2D eigenvalue weighted by Gasteiger charge is 2.18. The summed E-state index contributed by atoms with van der Waals surface area (Å²) in [6, 6.07) is 38.1. The van der Waals surface area contributed by atoms with Crippen LogP contribution in [0.3, 0.4) is 0 Å². The Hall–Kier alpha value is -4.97. The van der Waals surface area contributed by atoms with Crippen LogP contribution in [0, 0.1) is 0 Å². The first kappa shape index (κ1) is 22.5. The minimum Gasteiger partial charge on any atom is -0.350 e. The largest absolute Gasteiger partial charge is 0.350 e. The van der Waals surface area contributed by atoms with Crippen molar-refractivity contribution in [3.8, 4) is 0 Å². The Morgan fingerprint density at radius 2 is 1.16 bits per heavy atom. The third-order valence-electron chi connectivity index (χ3n) is 6.45. The van der Waals surface area contributed by atoms with E-state index in [-0.39, 0.29) is 5.91 Å². The minimum absolute atomic E-state index is 0.244. The predicted octanol–water partition coefficient (Wildman–Crippen LogP) is 6.50. The molecule has 6 rings (SSSR count). The number of carbonyl (C=O) groups excluding carboxylic acids is 1. The van der Waals surface area contributed by atoms with Crippen molar-refractivity contribution in [2.24, 2.45) is 0 Å². The lowest BCUT2D eigenvalue weighted by molar-refractivity contribution is 0.0947. The molecule has 180 valence electrons. The number of hydrogen-bond acceptors (Lipinski definition) is 5. The lowest BCUT2D eigenvalue weighted by atomic mass is 10.0. The first-order valence-electron chi connectivity index (χ1n) is 12.2. The molecule has 0 bridgehead atoms. The number of carbonyl (C=O) groups is 1. The molecule has 1 aromatic heterocycles. The first-order chi connectivity index (χ1) is 18.3. The van der Waals surface area contributed by atoms with E-state index in [1.807, 2.05) is 54.6 Å². The Balaban J connectivity index is 1.30. The molecule has 0 saturated heterocycles. The molecule has 0 fully saturated rings. The van der Waals surface area contributed by atoms with Crippen molar-refractivity contribution in [2.75, 3.05) is 10.6 Å². The van der Waals surface area contributed by atoms with E-state index in [4.69, 9.17) is 0 Å². The van der Waals surface area contributed by atoms with Crippen molar-refractivity contribution < 1.29 is 4.79 Å². The zero-order valence-electron chi connectivity index (χ0n) is 20.1. The second-order valence-electron chi connectivity index (χ2n) is 8.83. The summed E-state index contributed by atoms with van der Waals surface area (Å²) >= 11 is 0. The molecule has 6 aromatic rings. The van der Waals surface area contributed by atoms with Gasteiger partial charge in [0, 0.05) is 18.7 Å². The van der Waals surface area contributed by atoms with Gasteiger partial charge in [0.2, 0.25) is 11.9 Å². The number of nitrogens with one attached hydrogen (secondary N) is 2. The molecule has 2 N–H and O–H groups in total. The zero-order valence-corrected chi connectivity index (χ0v) is 20.1. The molecule has 0 atom stereocenters. The Morgan fingerprint density at radius 1 is 0.622 bits per heavy atom. The maximum Gasteiger partial charge on any atom is 0.281 e. The van der Waals surface area contributed by atoms with Crippen LogP contribution >= 0.6 is 0 Å². The third kappa shape index (κ3) is 4.65. The topological polar surface area (TPSA) is 71.8 Å². The fourth-order valence-corrected chi connectivity index (χ4v) is 4.59. The summed E-state index contributed by atoms with van der Waals surface area (Å²) in [6.07, 6.45) is 0. The number of fused-ring (bicyclic) bond motifs is 2. The van der Waals surface area contributed by atoms with Crippen LogP contribution in [-0.2, 0) is 13.1 Å². The molecule has 0 aliphatic carbocycles. The molecule has 0 unspecified atom stereocenters. The highest BCUT2D eigenvalue weighted by Crippen LogP contribution is 2.22. The van der Waals surface area contributed by atoms with E-state index in [1.165, 1.54) is 20.8 Å². The van der Waals surface area contributed by atoms with Gasteiger partial charge in [0.15, 0.2) is 0 Å². The molecule has 37 heavy (non-hydrogen) atoms. The molecule has 6 heteroatoms. The van der Waals surface area contributed by atoms with E-state index < -0.39 is 0 Å². The molecule has 5 aromatic carbocycles. The molecule has 1 heterocycles. The highest BCUT2D eigenvalue weighted by molar-refractivity contribution is 5.97. The minimum atomic E-state index is -0.244. The fourth-order valence-electron chi connectivity index (χ4n) is 4.59. The second-order valence-corrected chi connectivity index (χ2v) is 8.83. The van der Waals surface area contributed by atoms with E-state index in [0.717, 1.165) is 16.5 Å². The van der Waals surface area contributed by atoms with Crippen LogP contribution in [0.5, 0.6) is 0 Å². The number of benzene rings is 5. The quantitative estimate of drug-likeness (QED) is 0.271. The summed E-state index contributed by atoms with van der Waals surface area (Å²) in [5.74, 6) is 0.534. The summed E-state index contributed by atoms with van der Waals surface area (Å²) in [5.41, 5.74) is 2.79. The number of anilines is 2. The van der Waals surface area contributed by atoms with E-state index in [9.17, 15) is 4.79 Å². The van der Waals surface area contributed by atoms with Crippen molar-refractivity contribution in [1.29, 1.82) is 0 Å². The fraction of sp³-hybridized carbons (Fsp3) is 0.0645. The van der Waals surface area contributed by atoms with Gasteiger partial charge in [-0.25, -0.2) is 0 Å². The predicted molar refractivity (Wildman–Crippen MR) is 149 cm³/mol. The van der Waals surface area contributed by atoms with Crippen LogP contribution in [0.1, 0.15) is 21.5 Å². The van der Waals surface area contributed by atoms with Crippen LogP contribution < -0.4 is 10.6 Å².